The first-order chi connectivity index (χ1) is 8.69. The fourth-order valence-electron chi connectivity index (χ4n) is 2.59. The predicted molar refractivity (Wildman–Crippen MR) is 71.2 cm³/mol. The maximum Gasteiger partial charge on any atom is 0.171 e. The van der Waals surface area contributed by atoms with Gasteiger partial charge in [0.25, 0.3) is 0 Å². The third kappa shape index (κ3) is 1.65. The van der Waals surface area contributed by atoms with Crippen molar-refractivity contribution >= 4 is 22.3 Å². The topological polar surface area (TPSA) is 34.1 Å². The molecule has 0 amide bonds. The number of benzene rings is 2. The Bertz CT molecular complexity index is 668. The van der Waals surface area contributed by atoms with Gasteiger partial charge in [-0.15, -0.1) is 0 Å². The summed E-state index contributed by atoms with van der Waals surface area (Å²) in [5.41, 5.74) is 2.47. The zero-order chi connectivity index (χ0) is 12.7. The van der Waals surface area contributed by atoms with Gasteiger partial charge in [0.2, 0.25) is 0 Å². The van der Waals surface area contributed by atoms with Crippen LogP contribution in [-0.4, -0.2) is 11.6 Å². The molecule has 0 heterocycles. The fraction of sp³-hybridized carbons (Fsp3) is 0.250. The minimum absolute atomic E-state index is 0.0352. The first-order valence-corrected chi connectivity index (χ1v) is 6.32. The number of rotatable bonds is 2. The lowest BCUT2D eigenvalue weighted by Gasteiger charge is -2.05. The summed E-state index contributed by atoms with van der Waals surface area (Å²) in [7, 11) is 0. The fourth-order valence-corrected chi connectivity index (χ4v) is 2.59. The largest absolute Gasteiger partial charge is 0.294 e. The Morgan fingerprint density at radius 2 is 1.61 bits per heavy atom. The summed E-state index contributed by atoms with van der Waals surface area (Å²) < 4.78 is 0. The van der Waals surface area contributed by atoms with Gasteiger partial charge in [-0.25, -0.2) is 0 Å². The molecule has 0 aromatic heterocycles. The third-order valence-corrected chi connectivity index (χ3v) is 3.50. The number of fused-ring (bicyclic) bond motifs is 2. The number of hydrogen-bond acceptors (Lipinski definition) is 2. The molecule has 0 saturated heterocycles. The first kappa shape index (κ1) is 11.1. The zero-order valence-electron chi connectivity index (χ0n) is 10.3. The van der Waals surface area contributed by atoms with Gasteiger partial charge in [0.1, 0.15) is 0 Å². The number of aryl methyl sites for hydroxylation is 1. The highest BCUT2D eigenvalue weighted by Crippen LogP contribution is 2.28. The van der Waals surface area contributed by atoms with E-state index in [4.69, 9.17) is 0 Å². The van der Waals surface area contributed by atoms with Crippen LogP contribution in [0.5, 0.6) is 0 Å². The molecule has 2 nitrogen and oxygen atoms in total. The number of hydrogen-bond donors (Lipinski definition) is 0. The predicted octanol–water partition coefficient (Wildman–Crippen LogP) is 3.56. The van der Waals surface area contributed by atoms with Gasteiger partial charge in [0, 0.05) is 11.1 Å². The van der Waals surface area contributed by atoms with Gasteiger partial charge in [0.05, 0.1) is 6.42 Å². The van der Waals surface area contributed by atoms with Crippen LogP contribution < -0.4 is 0 Å². The molecule has 0 aliphatic heterocycles. The molecule has 0 N–H and O–H groups in total. The van der Waals surface area contributed by atoms with Crippen molar-refractivity contribution in [2.45, 2.75) is 26.2 Å². The van der Waals surface area contributed by atoms with E-state index in [2.05, 4.69) is 19.1 Å². The van der Waals surface area contributed by atoms with E-state index >= 15 is 0 Å². The van der Waals surface area contributed by atoms with Gasteiger partial charge in [-0.3, -0.25) is 9.59 Å². The van der Waals surface area contributed by atoms with Crippen molar-refractivity contribution in [1.82, 2.24) is 0 Å². The highest BCUT2D eigenvalue weighted by molar-refractivity contribution is 6.25. The van der Waals surface area contributed by atoms with E-state index < -0.39 is 0 Å². The van der Waals surface area contributed by atoms with E-state index in [0.717, 1.165) is 23.6 Å². The Kier molecular flexibility index (Phi) is 2.51. The van der Waals surface area contributed by atoms with Crippen molar-refractivity contribution in [2.24, 2.45) is 0 Å². The number of carbonyl (C=O) groups is 2. The lowest BCUT2D eigenvalue weighted by molar-refractivity contribution is 0.0923. The van der Waals surface area contributed by atoms with Crippen molar-refractivity contribution in [3.63, 3.8) is 0 Å². The molecule has 2 aromatic carbocycles. The second kappa shape index (κ2) is 4.05. The first-order valence-electron chi connectivity index (χ1n) is 6.32. The van der Waals surface area contributed by atoms with E-state index in [9.17, 15) is 9.59 Å². The molecular formula is C16H14O2. The van der Waals surface area contributed by atoms with Crippen LogP contribution >= 0.6 is 0 Å². The number of ketones is 2. The molecule has 0 spiro atoms. The molecule has 2 heteroatoms. The van der Waals surface area contributed by atoms with Gasteiger partial charge in [0.15, 0.2) is 11.6 Å². The van der Waals surface area contributed by atoms with Gasteiger partial charge < -0.3 is 0 Å². The highest BCUT2D eigenvalue weighted by Gasteiger charge is 2.27. The van der Waals surface area contributed by atoms with E-state index in [1.54, 1.807) is 0 Å². The summed E-state index contributed by atoms with van der Waals surface area (Å²) in [6, 6.07) is 9.98. The van der Waals surface area contributed by atoms with Crippen molar-refractivity contribution in [1.29, 1.82) is 0 Å². The molecule has 18 heavy (non-hydrogen) atoms. The van der Waals surface area contributed by atoms with E-state index in [1.165, 1.54) is 5.56 Å². The standard InChI is InChI=1S/C16H14O2/c1-2-3-10-4-5-11-7-13-14(8-12(11)6-10)16(18)9-15(13)17/h4-8H,2-3,9H2,1H3. The van der Waals surface area contributed by atoms with Crippen LogP contribution in [0.2, 0.25) is 0 Å². The van der Waals surface area contributed by atoms with Gasteiger partial charge >= 0.3 is 0 Å². The summed E-state index contributed by atoms with van der Waals surface area (Å²) in [4.78, 5) is 23.4. The monoisotopic (exact) mass is 238 g/mol. The molecule has 0 fully saturated rings. The van der Waals surface area contributed by atoms with E-state index in [-0.39, 0.29) is 18.0 Å². The van der Waals surface area contributed by atoms with Crippen LogP contribution in [0.4, 0.5) is 0 Å². The van der Waals surface area contributed by atoms with E-state index in [0.29, 0.717) is 11.1 Å². The molecule has 0 unspecified atom stereocenters. The second-order valence-electron chi connectivity index (χ2n) is 4.85. The van der Waals surface area contributed by atoms with Crippen LogP contribution in [0.25, 0.3) is 10.8 Å². The van der Waals surface area contributed by atoms with Crippen LogP contribution in [0.3, 0.4) is 0 Å². The molecule has 1 aliphatic rings. The Balaban J connectivity index is 2.21. The molecule has 2 aromatic rings. The Morgan fingerprint density at radius 1 is 0.944 bits per heavy atom. The molecule has 1 aliphatic carbocycles. The van der Waals surface area contributed by atoms with Crippen LogP contribution in [0, 0.1) is 0 Å². The summed E-state index contributed by atoms with van der Waals surface area (Å²) in [5, 5.41) is 2.10. The molecule has 0 atom stereocenters. The summed E-state index contributed by atoms with van der Waals surface area (Å²) in [6.07, 6.45) is 2.18. The SMILES string of the molecule is CCCc1ccc2cc3c(cc2c1)C(=O)CC3=O. The number of carbonyl (C=O) groups excluding carboxylic acids is 2. The van der Waals surface area contributed by atoms with Crippen molar-refractivity contribution < 1.29 is 9.59 Å². The molecule has 3 rings (SSSR count). The lowest BCUT2D eigenvalue weighted by Crippen LogP contribution is -1.92. The molecule has 0 radical (unpaired) electrons. The average Bonchev–Trinajstić information content (AvgIpc) is 2.63. The highest BCUT2D eigenvalue weighted by atomic mass is 16.2. The molecule has 90 valence electrons. The zero-order valence-corrected chi connectivity index (χ0v) is 10.3. The third-order valence-electron chi connectivity index (χ3n) is 3.50. The molecule has 0 bridgehead atoms. The summed E-state index contributed by atoms with van der Waals surface area (Å²) >= 11 is 0. The summed E-state index contributed by atoms with van der Waals surface area (Å²) in [6.45, 7) is 2.15. The quantitative estimate of drug-likeness (QED) is 0.750. The maximum atomic E-state index is 11.7. The maximum absolute atomic E-state index is 11.7. The molecular weight excluding hydrogens is 224 g/mol. The molecule has 0 saturated carbocycles. The normalized spacial score (nSPS) is 14.3. The van der Waals surface area contributed by atoms with Crippen molar-refractivity contribution in [3.8, 4) is 0 Å². The van der Waals surface area contributed by atoms with Crippen LogP contribution in [0.15, 0.2) is 30.3 Å². The second-order valence-corrected chi connectivity index (χ2v) is 4.85. The van der Waals surface area contributed by atoms with Gasteiger partial charge in [-0.1, -0.05) is 31.5 Å². The van der Waals surface area contributed by atoms with Crippen LogP contribution in [-0.2, 0) is 6.42 Å². The Hall–Kier alpha value is -1.96. The van der Waals surface area contributed by atoms with Gasteiger partial charge in [-0.2, -0.15) is 0 Å². The smallest absolute Gasteiger partial charge is 0.171 e. The lowest BCUT2D eigenvalue weighted by atomic mass is 9.99. The number of Topliss-reactive ketones (excluding diaryl/α,β-unsaturated/α-hetero) is 2. The Morgan fingerprint density at radius 3 is 2.28 bits per heavy atom. The minimum Gasteiger partial charge on any atom is -0.294 e. The minimum atomic E-state index is -0.0467. The Labute approximate surface area is 106 Å². The van der Waals surface area contributed by atoms with Crippen molar-refractivity contribution in [2.75, 3.05) is 0 Å². The average molecular weight is 238 g/mol. The van der Waals surface area contributed by atoms with Crippen LogP contribution in [0.1, 0.15) is 46.0 Å². The van der Waals surface area contributed by atoms with Gasteiger partial charge in [-0.05, 0) is 34.9 Å². The summed E-state index contributed by atoms with van der Waals surface area (Å²) in [5.74, 6) is -0.0904. The van der Waals surface area contributed by atoms with E-state index in [1.807, 2.05) is 18.2 Å². The van der Waals surface area contributed by atoms with Crippen molar-refractivity contribution in [3.05, 3.63) is 47.0 Å².